The number of hydrogen-bond acceptors (Lipinski definition) is 9. The second kappa shape index (κ2) is 24.1. The number of amides is 1. The lowest BCUT2D eigenvalue weighted by Gasteiger charge is -2.58. The first kappa shape index (κ1) is 46.7. The molecular formula is C51H70N2O7S. The molecule has 6 rings (SSSR count). The molecular weight excluding hydrogens is 785 g/mol. The van der Waals surface area contributed by atoms with Gasteiger partial charge in [-0.25, -0.2) is 4.79 Å². The van der Waals surface area contributed by atoms with Crippen molar-refractivity contribution < 1.29 is 34.1 Å². The Morgan fingerprint density at radius 3 is 2.34 bits per heavy atom. The average molecular weight is 855 g/mol. The predicted octanol–water partition coefficient (Wildman–Crippen LogP) is 11.9. The molecule has 3 aromatic rings. The van der Waals surface area contributed by atoms with Gasteiger partial charge in [0.2, 0.25) is 5.79 Å². The van der Waals surface area contributed by atoms with E-state index in [1.165, 1.54) is 56.8 Å². The van der Waals surface area contributed by atoms with Crippen molar-refractivity contribution in [1.82, 2.24) is 5.32 Å². The number of benzene rings is 3. The molecule has 0 spiro atoms. The molecule has 0 radical (unpaired) electrons. The Balaban J connectivity index is 1.32. The number of carbonyl (C=O) groups excluding carboxylic acids is 1. The fourth-order valence-corrected chi connectivity index (χ4v) is 11.3. The largest absolute Gasteiger partial charge is 0.460 e. The van der Waals surface area contributed by atoms with Crippen molar-refractivity contribution in [3.8, 4) is 11.5 Å². The van der Waals surface area contributed by atoms with Gasteiger partial charge in [-0.15, -0.1) is 18.3 Å². The van der Waals surface area contributed by atoms with Crippen molar-refractivity contribution in [2.24, 2.45) is 22.9 Å². The number of nitrogens with zero attached hydrogens (tertiary/aromatic N) is 1. The summed E-state index contributed by atoms with van der Waals surface area (Å²) in [7, 11) is 1.60. The lowest BCUT2D eigenvalue weighted by molar-refractivity contribution is -0.223. The van der Waals surface area contributed by atoms with E-state index in [-0.39, 0.29) is 48.7 Å². The van der Waals surface area contributed by atoms with E-state index in [1.54, 1.807) is 24.9 Å². The van der Waals surface area contributed by atoms with Crippen LogP contribution in [0.25, 0.3) is 10.8 Å². The number of aliphatic hydroxyl groups excluding tert-OH is 2. The molecule has 61 heavy (non-hydrogen) atoms. The normalized spacial score (nSPS) is 23.4. The quantitative estimate of drug-likeness (QED) is 0.0415. The average Bonchev–Trinajstić information content (AvgIpc) is 3.27. The summed E-state index contributed by atoms with van der Waals surface area (Å²) in [5.74, 6) is -0.0237. The molecule has 1 amide bonds. The molecule has 0 bridgehead atoms. The third-order valence-corrected chi connectivity index (χ3v) is 14.1. The Morgan fingerprint density at radius 1 is 0.902 bits per heavy atom. The van der Waals surface area contributed by atoms with Gasteiger partial charge in [0.1, 0.15) is 18.6 Å². The molecule has 1 saturated carbocycles. The third kappa shape index (κ3) is 12.0. The number of fused-ring (bicyclic) bond motifs is 3. The molecule has 1 fully saturated rings. The molecule has 1 aliphatic heterocycles. The molecule has 3 aromatic carbocycles. The summed E-state index contributed by atoms with van der Waals surface area (Å²) in [6, 6.07) is 20.7. The predicted molar refractivity (Wildman–Crippen MR) is 248 cm³/mol. The number of ether oxygens (including phenoxy) is 3. The van der Waals surface area contributed by atoms with Crippen LogP contribution < -0.4 is 14.8 Å². The van der Waals surface area contributed by atoms with E-state index in [9.17, 15) is 15.0 Å². The number of thioether (sulfide) groups is 1. The van der Waals surface area contributed by atoms with Gasteiger partial charge in [0.15, 0.2) is 0 Å². The number of allylic oxidation sites excluding steroid dienone is 1. The maximum Gasteiger partial charge on any atom is 0.412 e. The van der Waals surface area contributed by atoms with Crippen LogP contribution in [0.4, 0.5) is 4.79 Å². The Morgan fingerprint density at radius 2 is 1.62 bits per heavy atom. The Bertz CT molecular complexity index is 1920. The zero-order valence-corrected chi connectivity index (χ0v) is 37.5. The van der Waals surface area contributed by atoms with E-state index < -0.39 is 11.9 Å². The van der Waals surface area contributed by atoms with Crippen LogP contribution in [0.3, 0.4) is 0 Å². The first-order valence-electron chi connectivity index (χ1n) is 23.2. The number of hydrogen-bond donors (Lipinski definition) is 3. The topological polar surface area (TPSA) is 119 Å². The summed E-state index contributed by atoms with van der Waals surface area (Å²) in [6.07, 6.45) is 21.5. The maximum absolute atomic E-state index is 13.2. The molecule has 0 aromatic heterocycles. The minimum absolute atomic E-state index is 0.105. The number of aliphatic hydroxyl groups is 2. The molecule has 3 N–H and O–H groups in total. The SMILES string of the molecule is C=CCO[C@@]12Oc3ccc(OC(=O)NCCCCCCCCCCCC)cc3[C@H]3[C@H](CCCCO)[C@@H](CCCCO)C=C(C(=NOC)C[C@@H]1Sc1ccc4ccccc4c1)[C@H]32. The zero-order valence-electron chi connectivity index (χ0n) is 36.7. The first-order valence-corrected chi connectivity index (χ1v) is 24.1. The van der Waals surface area contributed by atoms with Gasteiger partial charge in [0, 0.05) is 42.6 Å². The van der Waals surface area contributed by atoms with E-state index in [4.69, 9.17) is 24.2 Å². The van der Waals surface area contributed by atoms with Crippen molar-refractivity contribution >= 4 is 34.3 Å². The molecule has 332 valence electrons. The van der Waals surface area contributed by atoms with Crippen LogP contribution in [0.2, 0.25) is 0 Å². The van der Waals surface area contributed by atoms with Crippen LogP contribution in [-0.2, 0) is 9.57 Å². The van der Waals surface area contributed by atoms with Crippen molar-refractivity contribution in [2.45, 2.75) is 138 Å². The summed E-state index contributed by atoms with van der Waals surface area (Å²) >= 11 is 1.74. The lowest BCUT2D eigenvalue weighted by atomic mass is 9.56. The number of nitrogens with one attached hydrogen (secondary N) is 1. The highest BCUT2D eigenvalue weighted by atomic mass is 32.2. The van der Waals surface area contributed by atoms with Gasteiger partial charge in [-0.3, -0.25) is 0 Å². The molecule has 3 aliphatic rings. The maximum atomic E-state index is 13.2. The second-order valence-electron chi connectivity index (χ2n) is 17.1. The smallest absolute Gasteiger partial charge is 0.412 e. The number of carbonyl (C=O) groups is 1. The van der Waals surface area contributed by atoms with Crippen LogP contribution in [-0.4, -0.2) is 66.5 Å². The zero-order chi connectivity index (χ0) is 42.9. The lowest BCUT2D eigenvalue weighted by Crippen LogP contribution is -2.64. The Labute approximate surface area is 368 Å². The van der Waals surface area contributed by atoms with Gasteiger partial charge in [0.25, 0.3) is 0 Å². The molecule has 10 heteroatoms. The van der Waals surface area contributed by atoms with Crippen molar-refractivity contribution in [3.05, 3.63) is 90.5 Å². The van der Waals surface area contributed by atoms with E-state index in [2.05, 4.69) is 67.4 Å². The van der Waals surface area contributed by atoms with Crippen LogP contribution in [0, 0.1) is 17.8 Å². The van der Waals surface area contributed by atoms with Gasteiger partial charge in [-0.2, -0.15) is 0 Å². The first-order chi connectivity index (χ1) is 30.0. The van der Waals surface area contributed by atoms with E-state index in [0.29, 0.717) is 30.9 Å². The highest BCUT2D eigenvalue weighted by molar-refractivity contribution is 8.00. The Hall–Kier alpha value is -3.83. The number of rotatable bonds is 26. The summed E-state index contributed by atoms with van der Waals surface area (Å²) in [5, 5.41) is 29.6. The summed E-state index contributed by atoms with van der Waals surface area (Å²) in [4.78, 5) is 19.9. The number of unbranched alkanes of at least 4 members (excludes halogenated alkanes) is 11. The van der Waals surface area contributed by atoms with Gasteiger partial charge in [-0.1, -0.05) is 125 Å². The standard InChI is InChI=1S/C51H70N2O7S/c1-4-6-7-8-9-10-11-12-13-18-29-52-50(56)59-40-26-28-46-44(35-40)48-42(24-17-20-31-55)39(23-16-19-30-54)34-43-45(53-57-3)36-47(51(60-46,49(43)48)58-32-5-2)61-41-27-25-37-21-14-15-22-38(37)33-41/h5,14-15,21-22,25-28,33-35,39,42,47-49,54-55H,2,4,6-13,16-20,23-24,29-32,36H2,1,3H3,(H,52,56)/t39-,42+,47-,48+,49+,51+/m0/s1. The summed E-state index contributed by atoms with van der Waals surface area (Å²) in [5.41, 5.74) is 2.91. The Kier molecular flexibility index (Phi) is 18.5. The molecule has 6 atom stereocenters. The van der Waals surface area contributed by atoms with Crippen LogP contribution in [0.1, 0.15) is 128 Å². The van der Waals surface area contributed by atoms with Crippen molar-refractivity contribution in [3.63, 3.8) is 0 Å². The number of oxime groups is 1. The minimum Gasteiger partial charge on any atom is -0.460 e. The van der Waals surface area contributed by atoms with Crippen LogP contribution >= 0.6 is 11.8 Å². The fourth-order valence-electron chi connectivity index (χ4n) is 9.95. The monoisotopic (exact) mass is 854 g/mol. The van der Waals surface area contributed by atoms with Crippen molar-refractivity contribution in [2.75, 3.05) is 33.5 Å². The van der Waals surface area contributed by atoms with Crippen LogP contribution in [0.15, 0.2) is 95.0 Å². The van der Waals surface area contributed by atoms with Gasteiger partial charge in [0.05, 0.1) is 23.5 Å². The summed E-state index contributed by atoms with van der Waals surface area (Å²) < 4.78 is 20.4. The van der Waals surface area contributed by atoms with Gasteiger partial charge >= 0.3 is 6.09 Å². The summed E-state index contributed by atoms with van der Waals surface area (Å²) in [6.45, 7) is 7.44. The highest BCUT2D eigenvalue weighted by Crippen LogP contribution is 2.63. The van der Waals surface area contributed by atoms with Gasteiger partial charge < -0.3 is 34.6 Å². The molecule has 1 heterocycles. The van der Waals surface area contributed by atoms with Gasteiger partial charge in [-0.05, 0) is 90.6 Å². The molecule has 0 saturated heterocycles. The molecule has 9 nitrogen and oxygen atoms in total. The van der Waals surface area contributed by atoms with E-state index in [0.717, 1.165) is 72.1 Å². The van der Waals surface area contributed by atoms with Crippen molar-refractivity contribution in [1.29, 1.82) is 0 Å². The second-order valence-corrected chi connectivity index (χ2v) is 18.3. The van der Waals surface area contributed by atoms with E-state index in [1.807, 2.05) is 18.2 Å². The molecule has 0 unspecified atom stereocenters. The van der Waals surface area contributed by atoms with E-state index >= 15 is 0 Å². The minimum atomic E-state index is -1.11. The van der Waals surface area contributed by atoms with Crippen LogP contribution in [0.5, 0.6) is 11.5 Å². The third-order valence-electron chi connectivity index (χ3n) is 12.8. The fraction of sp³-hybridized carbons (Fsp3) is 0.569. The highest BCUT2D eigenvalue weighted by Gasteiger charge is 2.64. The molecule has 2 aliphatic carbocycles.